The molecule has 0 unspecified atom stereocenters. The second-order valence-electron chi connectivity index (χ2n) is 5.27. The Balaban J connectivity index is 1.64. The smallest absolute Gasteiger partial charge is 0.279 e. The number of aromatic nitrogens is 2. The van der Waals surface area contributed by atoms with E-state index in [0.717, 1.165) is 35.3 Å². The van der Waals surface area contributed by atoms with Crippen LogP contribution in [0, 0.1) is 6.92 Å². The Morgan fingerprint density at radius 2 is 2.23 bits per heavy atom. The van der Waals surface area contributed by atoms with Crippen LogP contribution in [0.1, 0.15) is 26.5 Å². The third-order valence-electron chi connectivity index (χ3n) is 3.75. The Hall–Kier alpha value is -2.47. The van der Waals surface area contributed by atoms with Crippen LogP contribution in [0.2, 0.25) is 0 Å². The predicted octanol–water partition coefficient (Wildman–Crippen LogP) is 3.46. The van der Waals surface area contributed by atoms with E-state index in [4.69, 9.17) is 4.52 Å². The molecule has 22 heavy (non-hydrogen) atoms. The number of rotatable bonds is 2. The Kier molecular flexibility index (Phi) is 3.04. The van der Waals surface area contributed by atoms with Crippen molar-refractivity contribution < 1.29 is 9.32 Å². The number of anilines is 1. The average molecular weight is 311 g/mol. The maximum Gasteiger partial charge on any atom is 0.279 e. The van der Waals surface area contributed by atoms with Gasteiger partial charge in [-0.15, -0.1) is 11.3 Å². The minimum atomic E-state index is -0.278. The summed E-state index contributed by atoms with van der Waals surface area (Å²) in [6.07, 6.45) is 3.41. The first kappa shape index (κ1) is 13.2. The maximum absolute atomic E-state index is 12.4. The van der Waals surface area contributed by atoms with Gasteiger partial charge in [0.15, 0.2) is 11.5 Å². The van der Waals surface area contributed by atoms with Crippen molar-refractivity contribution in [1.29, 1.82) is 0 Å². The van der Waals surface area contributed by atoms with Crippen molar-refractivity contribution in [3.63, 3.8) is 0 Å². The van der Waals surface area contributed by atoms with Gasteiger partial charge in [-0.25, -0.2) is 4.98 Å². The van der Waals surface area contributed by atoms with Gasteiger partial charge < -0.3 is 9.84 Å². The van der Waals surface area contributed by atoms with Gasteiger partial charge in [0, 0.05) is 22.2 Å². The molecule has 0 bridgehead atoms. The number of hydrogen-bond acceptors (Lipinski definition) is 5. The van der Waals surface area contributed by atoms with Crippen molar-refractivity contribution in [2.45, 2.75) is 19.8 Å². The first-order valence-corrected chi connectivity index (χ1v) is 7.89. The summed E-state index contributed by atoms with van der Waals surface area (Å²) in [4.78, 5) is 17.9. The van der Waals surface area contributed by atoms with Gasteiger partial charge in [-0.3, -0.25) is 4.79 Å². The van der Waals surface area contributed by atoms with Crippen LogP contribution in [-0.4, -0.2) is 16.0 Å². The maximum atomic E-state index is 12.4. The molecular formula is C16H13N3O2S. The number of carbonyl (C=O) groups excluding carboxylic acids is 1. The highest BCUT2D eigenvalue weighted by Gasteiger charge is 2.28. The molecule has 1 N–H and O–H groups in total. The van der Waals surface area contributed by atoms with Crippen LogP contribution in [0.3, 0.4) is 0 Å². The lowest BCUT2D eigenvalue weighted by Crippen LogP contribution is -2.16. The van der Waals surface area contributed by atoms with Gasteiger partial charge in [0.05, 0.1) is 0 Å². The Morgan fingerprint density at radius 3 is 3.05 bits per heavy atom. The lowest BCUT2D eigenvalue weighted by atomic mass is 9.95. The second kappa shape index (κ2) is 5.06. The van der Waals surface area contributed by atoms with Crippen LogP contribution in [0.4, 0.5) is 5.82 Å². The molecule has 0 saturated heterocycles. The molecule has 1 aliphatic carbocycles. The van der Waals surface area contributed by atoms with Gasteiger partial charge in [0.1, 0.15) is 5.82 Å². The summed E-state index contributed by atoms with van der Waals surface area (Å²) < 4.78 is 5.43. The number of nitrogens with one attached hydrogen (secondary N) is 1. The first-order chi connectivity index (χ1) is 10.7. The van der Waals surface area contributed by atoms with Gasteiger partial charge in [-0.05, 0) is 42.8 Å². The van der Waals surface area contributed by atoms with Crippen LogP contribution in [0.5, 0.6) is 0 Å². The van der Waals surface area contributed by atoms with Crippen molar-refractivity contribution >= 4 is 23.1 Å². The zero-order valence-electron chi connectivity index (χ0n) is 11.9. The summed E-state index contributed by atoms with van der Waals surface area (Å²) in [6.45, 7) is 1.95. The Bertz CT molecular complexity index is 849. The van der Waals surface area contributed by atoms with Gasteiger partial charge >= 0.3 is 0 Å². The van der Waals surface area contributed by atoms with Crippen molar-refractivity contribution in [2.75, 3.05) is 5.32 Å². The molecule has 5 nitrogen and oxygen atoms in total. The summed E-state index contributed by atoms with van der Waals surface area (Å²) in [5.41, 5.74) is 3.35. The van der Waals surface area contributed by atoms with Gasteiger partial charge in [0.25, 0.3) is 5.91 Å². The number of amides is 1. The minimum Gasteiger partial charge on any atom is -0.355 e. The van der Waals surface area contributed by atoms with Crippen LogP contribution < -0.4 is 5.32 Å². The molecule has 3 aromatic heterocycles. The van der Waals surface area contributed by atoms with Gasteiger partial charge in [0.2, 0.25) is 0 Å². The molecule has 110 valence electrons. The van der Waals surface area contributed by atoms with E-state index in [0.29, 0.717) is 11.5 Å². The number of fused-ring (bicyclic) bond motifs is 3. The fourth-order valence-corrected chi connectivity index (χ4v) is 3.50. The molecule has 0 fully saturated rings. The number of carbonyl (C=O) groups is 1. The van der Waals surface area contributed by atoms with Crippen LogP contribution in [0.25, 0.3) is 11.3 Å². The number of nitrogens with zero attached hydrogens (tertiary/aromatic N) is 2. The third kappa shape index (κ3) is 2.12. The molecule has 4 rings (SSSR count). The molecule has 1 amide bonds. The van der Waals surface area contributed by atoms with Gasteiger partial charge in [-0.1, -0.05) is 11.2 Å². The van der Waals surface area contributed by atoms with Crippen LogP contribution in [-0.2, 0) is 12.8 Å². The van der Waals surface area contributed by atoms with E-state index in [-0.39, 0.29) is 5.91 Å². The lowest BCUT2D eigenvalue weighted by Gasteiger charge is -2.10. The zero-order valence-corrected chi connectivity index (χ0v) is 12.7. The molecule has 0 atom stereocenters. The van der Waals surface area contributed by atoms with E-state index in [1.54, 1.807) is 23.6 Å². The SMILES string of the molecule is Cc1ccc(NC(=O)c2noc3c2CCc2sccc2-3)nc1. The van der Waals surface area contributed by atoms with E-state index in [1.165, 1.54) is 4.88 Å². The summed E-state index contributed by atoms with van der Waals surface area (Å²) in [7, 11) is 0. The molecule has 0 aromatic carbocycles. The molecule has 0 aliphatic heterocycles. The highest BCUT2D eigenvalue weighted by molar-refractivity contribution is 7.10. The number of thiophene rings is 1. The average Bonchev–Trinajstić information content (AvgIpc) is 3.14. The second-order valence-corrected chi connectivity index (χ2v) is 6.27. The van der Waals surface area contributed by atoms with Crippen molar-refractivity contribution in [2.24, 2.45) is 0 Å². The van der Waals surface area contributed by atoms with Crippen molar-refractivity contribution in [3.8, 4) is 11.3 Å². The molecule has 3 heterocycles. The summed E-state index contributed by atoms with van der Waals surface area (Å²) in [6, 6.07) is 5.70. The van der Waals surface area contributed by atoms with E-state index in [2.05, 4.69) is 15.5 Å². The van der Waals surface area contributed by atoms with Crippen molar-refractivity contribution in [3.05, 3.63) is 51.5 Å². The van der Waals surface area contributed by atoms with Crippen molar-refractivity contribution in [1.82, 2.24) is 10.1 Å². The number of hydrogen-bond donors (Lipinski definition) is 1. The fraction of sp³-hybridized carbons (Fsp3) is 0.188. The standard InChI is InChI=1S/C16H13N3O2S/c1-9-2-5-13(17-8-9)18-16(20)14-11-3-4-12-10(6-7-22-12)15(11)21-19-14/h2,5-8H,3-4H2,1H3,(H,17,18,20). The third-order valence-corrected chi connectivity index (χ3v) is 4.73. The van der Waals surface area contributed by atoms with Gasteiger partial charge in [-0.2, -0.15) is 0 Å². The minimum absolute atomic E-state index is 0.278. The Morgan fingerprint density at radius 1 is 1.32 bits per heavy atom. The topological polar surface area (TPSA) is 68.0 Å². The first-order valence-electron chi connectivity index (χ1n) is 7.01. The van der Waals surface area contributed by atoms with E-state index < -0.39 is 0 Å². The largest absolute Gasteiger partial charge is 0.355 e. The monoisotopic (exact) mass is 311 g/mol. The molecule has 3 aromatic rings. The zero-order chi connectivity index (χ0) is 15.1. The lowest BCUT2D eigenvalue weighted by molar-refractivity contribution is 0.101. The molecule has 1 aliphatic rings. The number of aryl methyl sites for hydroxylation is 2. The van der Waals surface area contributed by atoms with Crippen LogP contribution >= 0.6 is 11.3 Å². The normalized spacial score (nSPS) is 12.6. The molecule has 0 radical (unpaired) electrons. The number of pyridine rings is 1. The molecule has 0 spiro atoms. The summed E-state index contributed by atoms with van der Waals surface area (Å²) in [5, 5.41) is 8.79. The summed E-state index contributed by atoms with van der Waals surface area (Å²) in [5.74, 6) is 0.962. The highest BCUT2D eigenvalue weighted by atomic mass is 32.1. The summed E-state index contributed by atoms with van der Waals surface area (Å²) >= 11 is 1.71. The Labute approximate surface area is 131 Å². The van der Waals surface area contributed by atoms with E-state index in [9.17, 15) is 4.79 Å². The van der Waals surface area contributed by atoms with Crippen LogP contribution in [0.15, 0.2) is 34.3 Å². The fourth-order valence-electron chi connectivity index (χ4n) is 2.62. The van der Waals surface area contributed by atoms with E-state index >= 15 is 0 Å². The molecule has 6 heteroatoms. The molecular weight excluding hydrogens is 298 g/mol. The quantitative estimate of drug-likeness (QED) is 0.787. The van der Waals surface area contributed by atoms with E-state index in [1.807, 2.05) is 24.4 Å². The molecule has 0 saturated carbocycles. The predicted molar refractivity (Wildman–Crippen MR) is 84.2 cm³/mol. The highest BCUT2D eigenvalue weighted by Crippen LogP contribution is 2.38.